The second kappa shape index (κ2) is 4.65. The number of carboxylic acids is 1. The largest absolute Gasteiger partial charge is 0.476 e. The Bertz CT molecular complexity index is 759. The molecule has 2 N–H and O–H groups in total. The molecule has 6 nitrogen and oxygen atoms in total. The van der Waals surface area contributed by atoms with Crippen LogP contribution in [0.4, 0.5) is 0 Å². The van der Waals surface area contributed by atoms with Gasteiger partial charge in [0.2, 0.25) is 0 Å². The number of rotatable bonds is 3. The summed E-state index contributed by atoms with van der Waals surface area (Å²) in [6, 6.07) is 9.22. The number of nitrogens with zero attached hydrogens (tertiary/aromatic N) is 3. The minimum absolute atomic E-state index is 0.0248. The first-order valence-electron chi connectivity index (χ1n) is 6.03. The number of hydrogen-bond donors (Lipinski definition) is 2. The summed E-state index contributed by atoms with van der Waals surface area (Å²) in [6.07, 6.45) is 3.43. The van der Waals surface area contributed by atoms with Crippen molar-refractivity contribution in [3.8, 4) is 22.6 Å². The standard InChI is InChI=1S/C14H12N4O2/c1-18-12(8-11(17-18)14(19)20)9-4-2-3-5-10(9)13-15-6-7-16-13/h2-8H,1H3,(H,15,16)(H,19,20). The van der Waals surface area contributed by atoms with Gasteiger partial charge < -0.3 is 10.1 Å². The lowest BCUT2D eigenvalue weighted by Gasteiger charge is -2.07. The van der Waals surface area contributed by atoms with Gasteiger partial charge in [0.05, 0.1) is 5.69 Å². The number of carboxylic acid groups (broad SMARTS) is 1. The van der Waals surface area contributed by atoms with Gasteiger partial charge in [0.25, 0.3) is 0 Å². The second-order valence-corrected chi connectivity index (χ2v) is 4.33. The predicted octanol–water partition coefficient (Wildman–Crippen LogP) is 2.18. The molecule has 6 heteroatoms. The van der Waals surface area contributed by atoms with Crippen molar-refractivity contribution in [2.45, 2.75) is 0 Å². The molecule has 2 heterocycles. The lowest BCUT2D eigenvalue weighted by atomic mass is 10.0. The molecular weight excluding hydrogens is 256 g/mol. The third-order valence-corrected chi connectivity index (χ3v) is 3.06. The smallest absolute Gasteiger partial charge is 0.356 e. The van der Waals surface area contributed by atoms with E-state index in [1.54, 1.807) is 30.2 Å². The highest BCUT2D eigenvalue weighted by molar-refractivity contribution is 5.88. The van der Waals surface area contributed by atoms with E-state index in [0.29, 0.717) is 0 Å². The number of aromatic amines is 1. The SMILES string of the molecule is Cn1nc(C(=O)O)cc1-c1ccccc1-c1ncc[nH]1. The van der Waals surface area contributed by atoms with Gasteiger partial charge in [0.15, 0.2) is 5.69 Å². The second-order valence-electron chi connectivity index (χ2n) is 4.33. The maximum absolute atomic E-state index is 11.0. The predicted molar refractivity (Wildman–Crippen MR) is 73.2 cm³/mol. The van der Waals surface area contributed by atoms with E-state index in [0.717, 1.165) is 22.6 Å². The zero-order valence-corrected chi connectivity index (χ0v) is 10.7. The third-order valence-electron chi connectivity index (χ3n) is 3.06. The maximum Gasteiger partial charge on any atom is 0.356 e. The van der Waals surface area contributed by atoms with Crippen LogP contribution in [-0.2, 0) is 7.05 Å². The molecule has 1 aromatic carbocycles. The van der Waals surface area contributed by atoms with Crippen molar-refractivity contribution in [2.24, 2.45) is 7.05 Å². The Morgan fingerprint density at radius 3 is 2.65 bits per heavy atom. The fraction of sp³-hybridized carbons (Fsp3) is 0.0714. The van der Waals surface area contributed by atoms with E-state index in [1.165, 1.54) is 0 Å². The van der Waals surface area contributed by atoms with E-state index in [4.69, 9.17) is 5.11 Å². The van der Waals surface area contributed by atoms with Crippen molar-refractivity contribution in [3.05, 3.63) is 48.4 Å². The average Bonchev–Trinajstić information content (AvgIpc) is 3.08. The van der Waals surface area contributed by atoms with Gasteiger partial charge >= 0.3 is 5.97 Å². The summed E-state index contributed by atoms with van der Waals surface area (Å²) in [4.78, 5) is 18.3. The lowest BCUT2D eigenvalue weighted by Crippen LogP contribution is -1.99. The highest BCUT2D eigenvalue weighted by Gasteiger charge is 2.16. The van der Waals surface area contributed by atoms with E-state index >= 15 is 0 Å². The van der Waals surface area contributed by atoms with Gasteiger partial charge in [-0.25, -0.2) is 9.78 Å². The Labute approximate surface area is 114 Å². The molecule has 0 unspecified atom stereocenters. The molecule has 3 rings (SSSR count). The number of hydrogen-bond acceptors (Lipinski definition) is 3. The number of H-pyrrole nitrogens is 1. The number of benzene rings is 1. The molecule has 0 radical (unpaired) electrons. The van der Waals surface area contributed by atoms with Crippen LogP contribution in [0, 0.1) is 0 Å². The molecule has 2 aromatic heterocycles. The molecule has 0 atom stereocenters. The fourth-order valence-corrected chi connectivity index (χ4v) is 2.15. The minimum atomic E-state index is -1.04. The topological polar surface area (TPSA) is 83.8 Å². The Morgan fingerprint density at radius 1 is 1.30 bits per heavy atom. The van der Waals surface area contributed by atoms with Crippen LogP contribution in [-0.4, -0.2) is 30.8 Å². The normalized spacial score (nSPS) is 10.7. The molecular formula is C14H12N4O2. The molecule has 0 amide bonds. The summed E-state index contributed by atoms with van der Waals surface area (Å²) < 4.78 is 1.56. The monoisotopic (exact) mass is 268 g/mol. The summed E-state index contributed by atoms with van der Waals surface area (Å²) in [5.41, 5.74) is 2.54. The van der Waals surface area contributed by atoms with Crippen molar-refractivity contribution in [1.29, 1.82) is 0 Å². The van der Waals surface area contributed by atoms with Crippen molar-refractivity contribution >= 4 is 5.97 Å². The first-order chi connectivity index (χ1) is 9.66. The number of aromatic nitrogens is 4. The number of aryl methyl sites for hydroxylation is 1. The van der Waals surface area contributed by atoms with Crippen LogP contribution in [0.5, 0.6) is 0 Å². The molecule has 0 aliphatic carbocycles. The number of aromatic carboxylic acids is 1. The van der Waals surface area contributed by atoms with Gasteiger partial charge in [-0.2, -0.15) is 5.10 Å². The summed E-state index contributed by atoms with van der Waals surface area (Å²) in [5.74, 6) is -0.305. The van der Waals surface area contributed by atoms with Crippen LogP contribution in [0.15, 0.2) is 42.7 Å². The van der Waals surface area contributed by atoms with Crippen LogP contribution in [0.3, 0.4) is 0 Å². The Balaban J connectivity index is 2.18. The van der Waals surface area contributed by atoms with E-state index in [1.807, 2.05) is 24.3 Å². The zero-order valence-electron chi connectivity index (χ0n) is 10.7. The van der Waals surface area contributed by atoms with Crippen LogP contribution >= 0.6 is 0 Å². The van der Waals surface area contributed by atoms with Gasteiger partial charge in [-0.3, -0.25) is 4.68 Å². The summed E-state index contributed by atoms with van der Waals surface area (Å²) in [6.45, 7) is 0. The molecule has 0 aliphatic heterocycles. The van der Waals surface area contributed by atoms with Crippen molar-refractivity contribution in [3.63, 3.8) is 0 Å². The number of carbonyl (C=O) groups is 1. The average molecular weight is 268 g/mol. The molecule has 0 saturated carbocycles. The highest BCUT2D eigenvalue weighted by Crippen LogP contribution is 2.30. The molecule has 0 bridgehead atoms. The maximum atomic E-state index is 11.0. The number of nitrogens with one attached hydrogen (secondary N) is 1. The van der Waals surface area contributed by atoms with Crippen LogP contribution in [0.1, 0.15) is 10.5 Å². The molecule has 100 valence electrons. The van der Waals surface area contributed by atoms with Gasteiger partial charge in [-0.15, -0.1) is 0 Å². The van der Waals surface area contributed by atoms with Gasteiger partial charge in [-0.1, -0.05) is 24.3 Å². The van der Waals surface area contributed by atoms with Crippen molar-refractivity contribution in [1.82, 2.24) is 19.7 Å². The van der Waals surface area contributed by atoms with E-state index in [2.05, 4.69) is 15.1 Å². The first kappa shape index (κ1) is 12.2. The van der Waals surface area contributed by atoms with Crippen LogP contribution in [0.25, 0.3) is 22.6 Å². The molecule has 3 aromatic rings. The van der Waals surface area contributed by atoms with Crippen molar-refractivity contribution in [2.75, 3.05) is 0 Å². The number of imidazole rings is 1. The minimum Gasteiger partial charge on any atom is -0.476 e. The highest BCUT2D eigenvalue weighted by atomic mass is 16.4. The van der Waals surface area contributed by atoms with Crippen LogP contribution in [0.2, 0.25) is 0 Å². The summed E-state index contributed by atoms with van der Waals surface area (Å²) >= 11 is 0. The Kier molecular flexibility index (Phi) is 2.83. The third kappa shape index (κ3) is 1.97. The summed E-state index contributed by atoms with van der Waals surface area (Å²) in [7, 11) is 1.72. The quantitative estimate of drug-likeness (QED) is 0.762. The molecule has 0 aliphatic rings. The Morgan fingerprint density at radius 2 is 2.05 bits per heavy atom. The van der Waals surface area contributed by atoms with E-state index < -0.39 is 5.97 Å². The molecule has 0 fully saturated rings. The first-order valence-corrected chi connectivity index (χ1v) is 6.03. The molecule has 20 heavy (non-hydrogen) atoms. The van der Waals surface area contributed by atoms with Gasteiger partial charge in [-0.05, 0) is 6.07 Å². The van der Waals surface area contributed by atoms with E-state index in [9.17, 15) is 4.79 Å². The lowest BCUT2D eigenvalue weighted by molar-refractivity contribution is 0.0689. The summed E-state index contributed by atoms with van der Waals surface area (Å²) in [5, 5.41) is 13.0. The molecule has 0 saturated heterocycles. The van der Waals surface area contributed by atoms with E-state index in [-0.39, 0.29) is 5.69 Å². The molecule has 0 spiro atoms. The van der Waals surface area contributed by atoms with Gasteiger partial charge in [0.1, 0.15) is 5.82 Å². The zero-order chi connectivity index (χ0) is 14.1. The Hall–Kier alpha value is -2.89. The van der Waals surface area contributed by atoms with Crippen LogP contribution < -0.4 is 0 Å². The van der Waals surface area contributed by atoms with Gasteiger partial charge in [0, 0.05) is 30.6 Å². The fourth-order valence-electron chi connectivity index (χ4n) is 2.15. The van der Waals surface area contributed by atoms with Crippen molar-refractivity contribution < 1.29 is 9.90 Å².